The number of rotatable bonds is 6. The topological polar surface area (TPSA) is 93.2 Å². The lowest BCUT2D eigenvalue weighted by atomic mass is 9.78. The number of alkyl halides is 2. The van der Waals surface area contributed by atoms with E-state index in [1.807, 2.05) is 32.6 Å². The van der Waals surface area contributed by atoms with Gasteiger partial charge in [-0.05, 0) is 64.4 Å². The van der Waals surface area contributed by atoms with Crippen LogP contribution in [-0.2, 0) is 9.31 Å². The van der Waals surface area contributed by atoms with E-state index in [0.29, 0.717) is 43.4 Å². The number of pyridine rings is 1. The van der Waals surface area contributed by atoms with Crippen LogP contribution in [0.15, 0.2) is 36.5 Å². The summed E-state index contributed by atoms with van der Waals surface area (Å²) in [5, 5.41) is 12.8. The van der Waals surface area contributed by atoms with E-state index in [0.717, 1.165) is 0 Å². The molecule has 2 N–H and O–H groups in total. The molecule has 1 atom stereocenters. The molecule has 0 bridgehead atoms. The number of carbonyl (C=O) groups is 1. The highest BCUT2D eigenvalue weighted by molar-refractivity contribution is 6.64. The lowest BCUT2D eigenvalue weighted by Gasteiger charge is -2.32. The van der Waals surface area contributed by atoms with Crippen molar-refractivity contribution in [2.75, 3.05) is 23.3 Å². The number of β-amino-alcohol motifs (C(OH)–C–C–N with tert-alkyl or cyclic N) is 1. The number of nitrogens with one attached hydrogen (secondary N) is 1. The third-order valence-corrected chi connectivity index (χ3v) is 6.54. The van der Waals surface area contributed by atoms with Crippen LogP contribution < -0.4 is 20.4 Å². The molecule has 2 aliphatic heterocycles. The number of ether oxygens (including phenoxy) is 1. The van der Waals surface area contributed by atoms with Crippen LogP contribution in [0, 0.1) is 0 Å². The Morgan fingerprint density at radius 3 is 2.40 bits per heavy atom. The highest BCUT2D eigenvalue weighted by Gasteiger charge is 2.53. The summed E-state index contributed by atoms with van der Waals surface area (Å²) < 4.78 is 43.0. The quantitative estimate of drug-likeness (QED) is 0.603. The summed E-state index contributed by atoms with van der Waals surface area (Å²) in [6.45, 7) is 9.47. The minimum Gasteiger partial charge on any atom is -0.433 e. The molecule has 4 rings (SSSR count). The molecule has 1 aromatic carbocycles. The van der Waals surface area contributed by atoms with Crippen LogP contribution in [0.5, 0.6) is 5.75 Å². The number of carbonyl (C=O) groups excluding carboxylic acids is 1. The summed E-state index contributed by atoms with van der Waals surface area (Å²) in [6.07, 6.45) is -1.67. The Morgan fingerprint density at radius 1 is 1.23 bits per heavy atom. The molecule has 8 nitrogen and oxygen atoms in total. The second-order valence-electron chi connectivity index (χ2n) is 10.0. The number of hydrogen-bond acceptors (Lipinski definition) is 7. The van der Waals surface area contributed by atoms with Crippen LogP contribution in [0.3, 0.4) is 0 Å². The minimum atomic E-state index is -3.30. The maximum atomic E-state index is 13.0. The fraction of sp³-hybridized carbons (Fsp3) is 0.500. The zero-order valence-corrected chi connectivity index (χ0v) is 20.5. The Labute approximate surface area is 203 Å². The number of anilines is 2. The van der Waals surface area contributed by atoms with Crippen LogP contribution >= 0.6 is 0 Å². The van der Waals surface area contributed by atoms with E-state index in [4.69, 9.17) is 9.31 Å². The van der Waals surface area contributed by atoms with E-state index in [-0.39, 0.29) is 11.3 Å². The molecule has 3 heterocycles. The van der Waals surface area contributed by atoms with E-state index in [9.17, 15) is 18.7 Å². The number of benzene rings is 1. The normalized spacial score (nSPS) is 21.3. The molecule has 0 radical (unpaired) electrons. The lowest BCUT2D eigenvalue weighted by molar-refractivity contribution is -0.158. The number of aliphatic hydroxyl groups is 1. The van der Waals surface area contributed by atoms with E-state index in [1.54, 1.807) is 6.07 Å². The van der Waals surface area contributed by atoms with Crippen molar-refractivity contribution in [2.45, 2.75) is 64.5 Å². The molecule has 2 aromatic rings. The molecule has 2 aliphatic rings. The molecule has 1 amide bonds. The number of nitrogens with zero attached hydrogens (tertiary/aromatic N) is 2. The van der Waals surface area contributed by atoms with Crippen molar-refractivity contribution in [1.29, 1.82) is 0 Å². The highest BCUT2D eigenvalue weighted by atomic mass is 19.3. The Bertz CT molecular complexity index is 1080. The van der Waals surface area contributed by atoms with Crippen LogP contribution in [0.1, 0.15) is 51.4 Å². The summed E-state index contributed by atoms with van der Waals surface area (Å²) in [4.78, 5) is 19.5. The third kappa shape index (κ3) is 5.57. The Kier molecular flexibility index (Phi) is 6.54. The van der Waals surface area contributed by atoms with Crippen molar-refractivity contribution < 1.29 is 32.7 Å². The number of hydrogen-bond donors (Lipinski definition) is 2. The maximum Gasteiger partial charge on any atom is 0.498 e. The number of aliphatic hydroxyl groups excluding tert-OH is 1. The van der Waals surface area contributed by atoms with Crippen LogP contribution in [-0.4, -0.2) is 59.6 Å². The van der Waals surface area contributed by atoms with Gasteiger partial charge in [0, 0.05) is 37.4 Å². The van der Waals surface area contributed by atoms with Gasteiger partial charge in [0.15, 0.2) is 0 Å². The standard InChI is InChI=1S/C24H30BF2N3O5/c1-22(2)23(3,4)35-25(34-22)19-12-15(13-28-20(19)30-11-10-17(31)14-30)21(32)29-16-6-8-18(9-7-16)33-24(5,26)27/h6-9,12-13,17,31H,10-11,14H2,1-5H3,(H,29,32)/t17-/m1/s1. The fourth-order valence-corrected chi connectivity index (χ4v) is 3.96. The van der Waals surface area contributed by atoms with Crippen molar-refractivity contribution in [3.05, 3.63) is 42.1 Å². The van der Waals surface area contributed by atoms with Gasteiger partial charge in [0.25, 0.3) is 5.91 Å². The van der Waals surface area contributed by atoms with Gasteiger partial charge in [0.1, 0.15) is 11.6 Å². The maximum absolute atomic E-state index is 13.0. The number of amides is 1. The molecule has 0 spiro atoms. The van der Waals surface area contributed by atoms with Gasteiger partial charge in [-0.2, -0.15) is 8.78 Å². The molecular weight excluding hydrogens is 459 g/mol. The molecule has 2 fully saturated rings. The summed E-state index contributed by atoms with van der Waals surface area (Å²) >= 11 is 0. The zero-order chi connectivity index (χ0) is 25.6. The molecule has 188 valence electrons. The summed E-state index contributed by atoms with van der Waals surface area (Å²) in [5.74, 6) is 0.147. The smallest absolute Gasteiger partial charge is 0.433 e. The first-order valence-electron chi connectivity index (χ1n) is 11.5. The third-order valence-electron chi connectivity index (χ3n) is 6.54. The van der Waals surface area contributed by atoms with Gasteiger partial charge in [0.05, 0.1) is 22.9 Å². The molecule has 0 saturated carbocycles. The number of aromatic nitrogens is 1. The van der Waals surface area contributed by atoms with Gasteiger partial charge in [-0.15, -0.1) is 0 Å². The second-order valence-corrected chi connectivity index (χ2v) is 10.0. The predicted molar refractivity (Wildman–Crippen MR) is 128 cm³/mol. The molecule has 35 heavy (non-hydrogen) atoms. The zero-order valence-electron chi connectivity index (χ0n) is 20.5. The first kappa shape index (κ1) is 25.3. The average Bonchev–Trinajstić information content (AvgIpc) is 3.27. The van der Waals surface area contributed by atoms with Crippen molar-refractivity contribution in [3.8, 4) is 5.75 Å². The number of halogens is 2. The second kappa shape index (κ2) is 9.03. The molecule has 1 aromatic heterocycles. The summed E-state index contributed by atoms with van der Waals surface area (Å²) in [6, 6.07) is 7.33. The Morgan fingerprint density at radius 2 is 1.86 bits per heavy atom. The SMILES string of the molecule is CC(F)(F)Oc1ccc(NC(=O)c2cnc(N3CC[C@@H](O)C3)c(B3OC(C)(C)C(C)(C)O3)c2)cc1. The molecular formula is C24H30BF2N3O5. The van der Waals surface area contributed by atoms with Crippen LogP contribution in [0.25, 0.3) is 0 Å². The fourth-order valence-electron chi connectivity index (χ4n) is 3.96. The van der Waals surface area contributed by atoms with Crippen molar-refractivity contribution in [3.63, 3.8) is 0 Å². The van der Waals surface area contributed by atoms with Crippen LogP contribution in [0.4, 0.5) is 20.3 Å². The first-order valence-corrected chi connectivity index (χ1v) is 11.5. The molecule has 0 aliphatic carbocycles. The molecule has 0 unspecified atom stereocenters. The summed E-state index contributed by atoms with van der Waals surface area (Å²) in [5.41, 5.74) is 0.108. The molecule has 11 heteroatoms. The predicted octanol–water partition coefficient (Wildman–Crippen LogP) is 3.20. The van der Waals surface area contributed by atoms with Crippen molar-refractivity contribution in [1.82, 2.24) is 4.98 Å². The van der Waals surface area contributed by atoms with Gasteiger partial charge in [-0.1, -0.05) is 0 Å². The van der Waals surface area contributed by atoms with E-state index in [1.165, 1.54) is 30.5 Å². The van der Waals surface area contributed by atoms with Gasteiger partial charge in [-0.3, -0.25) is 4.79 Å². The molecule has 2 saturated heterocycles. The average molecular weight is 489 g/mol. The van der Waals surface area contributed by atoms with Gasteiger partial charge >= 0.3 is 13.2 Å². The van der Waals surface area contributed by atoms with Gasteiger partial charge in [0.2, 0.25) is 0 Å². The minimum absolute atomic E-state index is 0.0163. The highest BCUT2D eigenvalue weighted by Crippen LogP contribution is 2.37. The summed E-state index contributed by atoms with van der Waals surface area (Å²) in [7, 11) is -0.750. The van der Waals surface area contributed by atoms with Crippen LogP contribution in [0.2, 0.25) is 0 Å². The largest absolute Gasteiger partial charge is 0.498 e. The van der Waals surface area contributed by atoms with E-state index >= 15 is 0 Å². The van der Waals surface area contributed by atoms with Gasteiger partial charge in [-0.25, -0.2) is 4.98 Å². The van der Waals surface area contributed by atoms with E-state index in [2.05, 4.69) is 15.0 Å². The van der Waals surface area contributed by atoms with E-state index < -0.39 is 36.4 Å². The lowest BCUT2D eigenvalue weighted by Crippen LogP contribution is -2.41. The Balaban J connectivity index is 1.59. The first-order chi connectivity index (χ1) is 16.2. The Hall–Kier alpha value is -2.76. The van der Waals surface area contributed by atoms with Crippen molar-refractivity contribution in [2.24, 2.45) is 0 Å². The monoisotopic (exact) mass is 489 g/mol. The van der Waals surface area contributed by atoms with Crippen molar-refractivity contribution >= 4 is 30.0 Å². The van der Waals surface area contributed by atoms with Gasteiger partial charge < -0.3 is 29.4 Å².